The summed E-state index contributed by atoms with van der Waals surface area (Å²) >= 11 is 0. The van der Waals surface area contributed by atoms with Crippen LogP contribution in [0.25, 0.3) is 10.9 Å². The molecule has 3 heteroatoms. The zero-order chi connectivity index (χ0) is 17.8. The first-order valence-electron chi connectivity index (χ1n) is 8.67. The molecule has 3 nitrogen and oxygen atoms in total. The Balaban J connectivity index is 1.57. The molecule has 0 aliphatic carbocycles. The molecule has 4 rings (SSSR count). The maximum atomic E-state index is 6.04. The predicted molar refractivity (Wildman–Crippen MR) is 107 cm³/mol. The summed E-state index contributed by atoms with van der Waals surface area (Å²) in [6.07, 6.45) is 3.85. The Morgan fingerprint density at radius 3 is 2.50 bits per heavy atom. The molecule has 0 N–H and O–H groups in total. The summed E-state index contributed by atoms with van der Waals surface area (Å²) in [5.74, 6) is 0.883. The average Bonchev–Trinajstić information content (AvgIpc) is 3.10. The Morgan fingerprint density at radius 2 is 1.69 bits per heavy atom. The average molecular weight is 340 g/mol. The van der Waals surface area contributed by atoms with E-state index in [1.165, 1.54) is 5.56 Å². The predicted octanol–water partition coefficient (Wildman–Crippen LogP) is 5.74. The van der Waals surface area contributed by atoms with Crippen LogP contribution in [0.3, 0.4) is 0 Å². The Bertz CT molecular complexity index is 1030. The largest absolute Gasteiger partial charge is 0.488 e. The SMILES string of the molecule is Cc1ccc(N=Cn2ccc3c(OCc4ccccc4)cccc32)cc1. The normalized spacial score (nSPS) is 11.3. The van der Waals surface area contributed by atoms with Gasteiger partial charge < -0.3 is 9.30 Å². The fourth-order valence-corrected chi connectivity index (χ4v) is 2.88. The summed E-state index contributed by atoms with van der Waals surface area (Å²) < 4.78 is 8.06. The lowest BCUT2D eigenvalue weighted by atomic mass is 10.2. The lowest BCUT2D eigenvalue weighted by Crippen LogP contribution is -1.96. The van der Waals surface area contributed by atoms with E-state index in [0.717, 1.165) is 27.9 Å². The van der Waals surface area contributed by atoms with Crippen LogP contribution in [0.5, 0.6) is 5.75 Å². The molecule has 0 aliphatic heterocycles. The molecule has 0 atom stereocenters. The summed E-state index contributed by atoms with van der Waals surface area (Å²) in [5.41, 5.74) is 4.40. The van der Waals surface area contributed by atoms with Gasteiger partial charge in [0, 0.05) is 11.6 Å². The van der Waals surface area contributed by atoms with Gasteiger partial charge in [0.1, 0.15) is 12.4 Å². The smallest absolute Gasteiger partial charge is 0.129 e. The van der Waals surface area contributed by atoms with Gasteiger partial charge in [0.2, 0.25) is 0 Å². The quantitative estimate of drug-likeness (QED) is 0.336. The minimum Gasteiger partial charge on any atom is -0.488 e. The van der Waals surface area contributed by atoms with Gasteiger partial charge in [-0.15, -0.1) is 0 Å². The van der Waals surface area contributed by atoms with Crippen LogP contribution in [0.2, 0.25) is 0 Å². The molecule has 1 heterocycles. The molecule has 0 radical (unpaired) electrons. The van der Waals surface area contributed by atoms with Crippen molar-refractivity contribution in [3.63, 3.8) is 0 Å². The fourth-order valence-electron chi connectivity index (χ4n) is 2.88. The van der Waals surface area contributed by atoms with E-state index >= 15 is 0 Å². The van der Waals surface area contributed by atoms with E-state index in [1.54, 1.807) is 0 Å². The van der Waals surface area contributed by atoms with Gasteiger partial charge in [0.15, 0.2) is 0 Å². The van der Waals surface area contributed by atoms with Crippen molar-refractivity contribution in [1.29, 1.82) is 0 Å². The number of aryl methyl sites for hydroxylation is 1. The number of hydrogen-bond donors (Lipinski definition) is 0. The molecule has 0 aliphatic rings. The Labute approximate surface area is 153 Å². The first-order chi connectivity index (χ1) is 12.8. The van der Waals surface area contributed by atoms with Crippen molar-refractivity contribution in [3.05, 3.63) is 96.2 Å². The third-order valence-electron chi connectivity index (χ3n) is 4.33. The van der Waals surface area contributed by atoms with Crippen molar-refractivity contribution < 1.29 is 4.74 Å². The van der Waals surface area contributed by atoms with Crippen molar-refractivity contribution >= 4 is 22.9 Å². The fraction of sp³-hybridized carbons (Fsp3) is 0.0870. The van der Waals surface area contributed by atoms with Crippen LogP contribution in [0.15, 0.2) is 90.1 Å². The van der Waals surface area contributed by atoms with Crippen LogP contribution < -0.4 is 4.74 Å². The van der Waals surface area contributed by atoms with Crippen molar-refractivity contribution in [2.45, 2.75) is 13.5 Å². The highest BCUT2D eigenvalue weighted by Crippen LogP contribution is 2.27. The van der Waals surface area contributed by atoms with E-state index in [-0.39, 0.29) is 0 Å². The van der Waals surface area contributed by atoms with Gasteiger partial charge in [0.05, 0.1) is 17.5 Å². The topological polar surface area (TPSA) is 26.5 Å². The number of benzene rings is 3. The minimum absolute atomic E-state index is 0.558. The molecule has 0 bridgehead atoms. The molecule has 0 fully saturated rings. The number of fused-ring (bicyclic) bond motifs is 1. The van der Waals surface area contributed by atoms with Crippen LogP contribution in [0, 0.1) is 6.92 Å². The lowest BCUT2D eigenvalue weighted by molar-refractivity contribution is 0.310. The van der Waals surface area contributed by atoms with Crippen molar-refractivity contribution in [2.75, 3.05) is 0 Å². The van der Waals surface area contributed by atoms with E-state index < -0.39 is 0 Å². The zero-order valence-corrected chi connectivity index (χ0v) is 14.7. The molecular weight excluding hydrogens is 320 g/mol. The van der Waals surface area contributed by atoms with Crippen LogP contribution in [-0.2, 0) is 6.61 Å². The number of rotatable bonds is 5. The number of ether oxygens (including phenoxy) is 1. The molecule has 0 saturated carbocycles. The third-order valence-corrected chi connectivity index (χ3v) is 4.33. The summed E-state index contributed by atoms with van der Waals surface area (Å²) in [5, 5.41) is 1.08. The van der Waals surface area contributed by atoms with Gasteiger partial charge in [-0.25, -0.2) is 4.99 Å². The standard InChI is InChI=1S/C23H20N2O/c1-18-10-12-20(13-11-18)24-17-25-15-14-21-22(25)8-5-9-23(21)26-16-19-6-3-2-4-7-19/h2-15,17H,16H2,1H3. The van der Waals surface area contributed by atoms with Crippen LogP contribution in [0.1, 0.15) is 11.1 Å². The minimum atomic E-state index is 0.558. The van der Waals surface area contributed by atoms with Gasteiger partial charge in [0.25, 0.3) is 0 Å². The molecule has 128 valence electrons. The van der Waals surface area contributed by atoms with E-state index in [9.17, 15) is 0 Å². The summed E-state index contributed by atoms with van der Waals surface area (Å²) in [6.45, 7) is 2.63. The number of aromatic nitrogens is 1. The molecular formula is C23H20N2O. The van der Waals surface area contributed by atoms with Gasteiger partial charge >= 0.3 is 0 Å². The maximum absolute atomic E-state index is 6.04. The van der Waals surface area contributed by atoms with Crippen molar-refractivity contribution in [3.8, 4) is 5.75 Å². The molecule has 0 amide bonds. The van der Waals surface area contributed by atoms with Gasteiger partial charge in [-0.05, 0) is 42.8 Å². The molecule has 4 aromatic rings. The van der Waals surface area contributed by atoms with Crippen LogP contribution in [-0.4, -0.2) is 10.9 Å². The summed E-state index contributed by atoms with van der Waals surface area (Å²) in [4.78, 5) is 4.56. The Morgan fingerprint density at radius 1 is 0.885 bits per heavy atom. The lowest BCUT2D eigenvalue weighted by Gasteiger charge is -2.08. The van der Waals surface area contributed by atoms with E-state index in [1.807, 2.05) is 59.6 Å². The highest BCUT2D eigenvalue weighted by Gasteiger charge is 2.06. The first-order valence-corrected chi connectivity index (χ1v) is 8.67. The monoisotopic (exact) mass is 340 g/mol. The highest BCUT2D eigenvalue weighted by atomic mass is 16.5. The second-order valence-electron chi connectivity index (χ2n) is 6.27. The van der Waals surface area contributed by atoms with Gasteiger partial charge in [-0.1, -0.05) is 54.1 Å². The highest BCUT2D eigenvalue weighted by molar-refractivity contribution is 5.91. The van der Waals surface area contributed by atoms with Crippen LogP contribution >= 0.6 is 0 Å². The third kappa shape index (κ3) is 3.52. The molecule has 26 heavy (non-hydrogen) atoms. The Kier molecular flexibility index (Phi) is 4.52. The molecule has 0 spiro atoms. The van der Waals surface area contributed by atoms with Crippen LogP contribution in [0.4, 0.5) is 5.69 Å². The maximum Gasteiger partial charge on any atom is 0.129 e. The van der Waals surface area contributed by atoms with Crippen molar-refractivity contribution in [2.24, 2.45) is 4.99 Å². The zero-order valence-electron chi connectivity index (χ0n) is 14.7. The van der Waals surface area contributed by atoms with Gasteiger partial charge in [-0.2, -0.15) is 0 Å². The summed E-state index contributed by atoms with van der Waals surface area (Å²) in [6, 6.07) is 26.5. The molecule has 1 aromatic heterocycles. The van der Waals surface area contributed by atoms with E-state index in [4.69, 9.17) is 4.74 Å². The summed E-state index contributed by atoms with van der Waals surface area (Å²) in [7, 11) is 0. The number of aliphatic imine (C=N–C) groups is 1. The van der Waals surface area contributed by atoms with E-state index in [2.05, 4.69) is 48.3 Å². The van der Waals surface area contributed by atoms with Gasteiger partial charge in [-0.3, -0.25) is 0 Å². The second-order valence-corrected chi connectivity index (χ2v) is 6.27. The number of hydrogen-bond acceptors (Lipinski definition) is 2. The molecule has 0 saturated heterocycles. The number of nitrogens with zero attached hydrogens (tertiary/aromatic N) is 2. The van der Waals surface area contributed by atoms with E-state index in [0.29, 0.717) is 6.61 Å². The Hall–Kier alpha value is -3.33. The molecule has 3 aromatic carbocycles. The second kappa shape index (κ2) is 7.28. The molecule has 0 unspecified atom stereocenters. The first kappa shape index (κ1) is 16.2. The van der Waals surface area contributed by atoms with Crippen molar-refractivity contribution in [1.82, 2.24) is 4.57 Å².